The van der Waals surface area contributed by atoms with Gasteiger partial charge in [0, 0.05) is 24.8 Å². The molecule has 7 heteroatoms. The molecule has 108 valence electrons. The van der Waals surface area contributed by atoms with Crippen molar-refractivity contribution in [1.82, 2.24) is 19.9 Å². The molecule has 2 aromatic rings. The minimum absolute atomic E-state index is 0.346. The first kappa shape index (κ1) is 14.9. The third kappa shape index (κ3) is 5.58. The summed E-state index contributed by atoms with van der Waals surface area (Å²) in [5.74, 6) is 4.21. The number of nitrogens with zero attached hydrogens (tertiary/aromatic N) is 4. The second kappa shape index (κ2) is 6.81. The fraction of sp³-hybridized carbons (Fsp3) is 0.286. The maximum absolute atomic E-state index is 4.15. The smallest absolute Gasteiger partial charge is 0.224 e. The quantitative estimate of drug-likeness (QED) is 0.511. The Balaban J connectivity index is 2.15. The van der Waals surface area contributed by atoms with E-state index in [4.69, 9.17) is 0 Å². The van der Waals surface area contributed by atoms with Crippen molar-refractivity contribution < 1.29 is 0 Å². The van der Waals surface area contributed by atoms with Crippen molar-refractivity contribution in [1.29, 1.82) is 0 Å². The molecule has 6 nitrogen and oxygen atoms in total. The molecule has 0 aliphatic rings. The van der Waals surface area contributed by atoms with Crippen molar-refractivity contribution in [2.45, 2.75) is 25.8 Å². The van der Waals surface area contributed by atoms with Crippen LogP contribution in [-0.4, -0.2) is 34.2 Å². The molecule has 0 aliphatic carbocycles. The highest BCUT2D eigenvalue weighted by molar-refractivity contribution is 6.83. The number of nitrogens with one attached hydrogen (secondary N) is 2. The summed E-state index contributed by atoms with van der Waals surface area (Å²) in [4.78, 5) is 16.6. The van der Waals surface area contributed by atoms with E-state index in [-0.39, 0.29) is 6.17 Å². The van der Waals surface area contributed by atoms with Crippen LogP contribution in [-0.2, 0) is 0 Å². The second-order valence-corrected chi connectivity index (χ2v) is 10.1. The lowest BCUT2D eigenvalue weighted by molar-refractivity contribution is 0.960. The Morgan fingerprint density at radius 1 is 0.857 bits per heavy atom. The minimum atomic E-state index is -1.48. The molecule has 0 spiro atoms. The molecule has 2 N–H and O–H groups in total. The number of rotatable bonds is 4. The van der Waals surface area contributed by atoms with Gasteiger partial charge in [-0.2, -0.15) is 0 Å². The van der Waals surface area contributed by atoms with E-state index in [0.717, 1.165) is 0 Å². The van der Waals surface area contributed by atoms with Crippen molar-refractivity contribution in [2.24, 2.45) is 0 Å². The molecule has 2 rings (SSSR count). The van der Waals surface area contributed by atoms with E-state index >= 15 is 0 Å². The molecular weight excluding hydrogens is 280 g/mol. The molecule has 0 unspecified atom stereocenters. The normalized spacial score (nSPS) is 10.7. The molecule has 0 bridgehead atoms. The van der Waals surface area contributed by atoms with E-state index in [2.05, 4.69) is 61.7 Å². The number of anilines is 2. The summed E-state index contributed by atoms with van der Waals surface area (Å²) >= 11 is 0. The lowest BCUT2D eigenvalue weighted by atomic mass is 10.5. The van der Waals surface area contributed by atoms with E-state index in [1.54, 1.807) is 36.9 Å². The summed E-state index contributed by atoms with van der Waals surface area (Å²) < 4.78 is 0. The molecular formula is C14H18N6Si. The van der Waals surface area contributed by atoms with Crippen LogP contribution in [0.25, 0.3) is 0 Å². The average molecular weight is 298 g/mol. The lowest BCUT2D eigenvalue weighted by Gasteiger charge is -2.15. The van der Waals surface area contributed by atoms with E-state index in [9.17, 15) is 0 Å². The van der Waals surface area contributed by atoms with E-state index in [0.29, 0.717) is 11.9 Å². The van der Waals surface area contributed by atoms with Crippen LogP contribution in [0.5, 0.6) is 0 Å². The van der Waals surface area contributed by atoms with Crippen LogP contribution in [0, 0.1) is 11.5 Å². The van der Waals surface area contributed by atoms with Crippen molar-refractivity contribution in [3.63, 3.8) is 0 Å². The number of hydrogen-bond acceptors (Lipinski definition) is 6. The number of aromatic nitrogens is 4. The Bertz CT molecular complexity index is 573. The van der Waals surface area contributed by atoms with Gasteiger partial charge in [0.25, 0.3) is 0 Å². The molecule has 0 amide bonds. The summed E-state index contributed by atoms with van der Waals surface area (Å²) in [6.45, 7) is 6.57. The Morgan fingerprint density at radius 3 is 1.67 bits per heavy atom. The zero-order chi connectivity index (χ0) is 15.1. The standard InChI is InChI=1S/C14H18N6Si/c1-21(2,3)11-6-12(19-13-15-7-4-8-16-13)20-14-17-9-5-10-18-14/h4-5,7-10,12H,1-3H3,(H,15,16,19)(H,17,18,20). The van der Waals surface area contributed by atoms with Gasteiger partial charge in [-0.3, -0.25) is 0 Å². The third-order valence-electron chi connectivity index (χ3n) is 2.27. The van der Waals surface area contributed by atoms with Gasteiger partial charge in [0.2, 0.25) is 11.9 Å². The Labute approximate surface area is 125 Å². The molecule has 0 radical (unpaired) electrons. The Morgan fingerprint density at radius 2 is 1.29 bits per heavy atom. The minimum Gasteiger partial charge on any atom is -0.324 e. The predicted octanol–water partition coefficient (Wildman–Crippen LogP) is 2.00. The van der Waals surface area contributed by atoms with E-state index in [1.165, 1.54) is 0 Å². The first-order chi connectivity index (χ1) is 10.0. The van der Waals surface area contributed by atoms with E-state index in [1.807, 2.05) is 0 Å². The van der Waals surface area contributed by atoms with Gasteiger partial charge in [0.15, 0.2) is 6.17 Å². The maximum atomic E-state index is 4.15. The summed E-state index contributed by atoms with van der Waals surface area (Å²) in [7, 11) is -1.48. The average Bonchev–Trinajstić information content (AvgIpc) is 2.46. The van der Waals surface area contributed by atoms with Gasteiger partial charge in [-0.15, -0.1) is 5.54 Å². The number of hydrogen-bond donors (Lipinski definition) is 2. The van der Waals surface area contributed by atoms with Gasteiger partial charge < -0.3 is 10.6 Å². The van der Waals surface area contributed by atoms with Crippen molar-refractivity contribution in [2.75, 3.05) is 10.6 Å². The summed E-state index contributed by atoms with van der Waals surface area (Å²) in [5, 5.41) is 6.27. The van der Waals surface area contributed by atoms with Gasteiger partial charge in [-0.1, -0.05) is 25.6 Å². The predicted molar refractivity (Wildman–Crippen MR) is 86.2 cm³/mol. The molecule has 0 saturated heterocycles. The molecule has 0 aromatic carbocycles. The monoisotopic (exact) mass is 298 g/mol. The van der Waals surface area contributed by atoms with Crippen LogP contribution in [0.1, 0.15) is 0 Å². The SMILES string of the molecule is C[Si](C)(C)C#CC(Nc1ncccn1)Nc1ncccn1. The first-order valence-electron chi connectivity index (χ1n) is 6.63. The van der Waals surface area contributed by atoms with Crippen LogP contribution in [0.2, 0.25) is 19.6 Å². The van der Waals surface area contributed by atoms with Gasteiger partial charge in [0.05, 0.1) is 0 Å². The van der Waals surface area contributed by atoms with Crippen LogP contribution in [0.3, 0.4) is 0 Å². The van der Waals surface area contributed by atoms with Crippen LogP contribution in [0.4, 0.5) is 11.9 Å². The molecule has 21 heavy (non-hydrogen) atoms. The molecule has 2 aromatic heterocycles. The molecule has 0 atom stereocenters. The van der Waals surface area contributed by atoms with Crippen LogP contribution >= 0.6 is 0 Å². The van der Waals surface area contributed by atoms with Crippen LogP contribution in [0.15, 0.2) is 36.9 Å². The van der Waals surface area contributed by atoms with Gasteiger partial charge >= 0.3 is 0 Å². The Kier molecular flexibility index (Phi) is 4.84. The fourth-order valence-electron chi connectivity index (χ4n) is 1.40. The van der Waals surface area contributed by atoms with Crippen molar-refractivity contribution in [3.8, 4) is 11.5 Å². The molecule has 0 fully saturated rings. The van der Waals surface area contributed by atoms with Gasteiger partial charge in [-0.05, 0) is 12.1 Å². The van der Waals surface area contributed by atoms with Crippen LogP contribution < -0.4 is 10.6 Å². The lowest BCUT2D eigenvalue weighted by Crippen LogP contribution is -2.30. The molecule has 0 saturated carbocycles. The summed E-state index contributed by atoms with van der Waals surface area (Å²) in [6.07, 6.45) is 6.37. The highest BCUT2D eigenvalue weighted by Gasteiger charge is 2.11. The molecule has 2 heterocycles. The third-order valence-corrected chi connectivity index (χ3v) is 3.16. The molecule has 0 aliphatic heterocycles. The maximum Gasteiger partial charge on any atom is 0.224 e. The largest absolute Gasteiger partial charge is 0.324 e. The summed E-state index contributed by atoms with van der Waals surface area (Å²) in [6, 6.07) is 3.53. The first-order valence-corrected chi connectivity index (χ1v) is 10.1. The Hall–Kier alpha value is -2.46. The van der Waals surface area contributed by atoms with Crippen molar-refractivity contribution >= 4 is 20.0 Å². The highest BCUT2D eigenvalue weighted by Crippen LogP contribution is 2.03. The van der Waals surface area contributed by atoms with Crippen molar-refractivity contribution in [3.05, 3.63) is 36.9 Å². The zero-order valence-corrected chi connectivity index (χ0v) is 13.3. The van der Waals surface area contributed by atoms with Gasteiger partial charge in [-0.25, -0.2) is 19.9 Å². The van der Waals surface area contributed by atoms with E-state index < -0.39 is 8.07 Å². The summed E-state index contributed by atoms with van der Waals surface area (Å²) in [5.41, 5.74) is 3.32. The zero-order valence-electron chi connectivity index (χ0n) is 12.3. The second-order valence-electron chi connectivity index (χ2n) is 5.39. The van der Waals surface area contributed by atoms with Gasteiger partial charge in [0.1, 0.15) is 8.07 Å². The fourth-order valence-corrected chi connectivity index (χ4v) is 1.98. The topological polar surface area (TPSA) is 75.6 Å². The highest BCUT2D eigenvalue weighted by atomic mass is 28.3.